The van der Waals surface area contributed by atoms with E-state index in [1.54, 1.807) is 0 Å². The van der Waals surface area contributed by atoms with Crippen molar-refractivity contribution in [1.29, 1.82) is 0 Å². The predicted octanol–water partition coefficient (Wildman–Crippen LogP) is 5.28. The Hall–Kier alpha value is -3.15. The molecule has 0 spiro atoms. The van der Waals surface area contributed by atoms with Crippen LogP contribution >= 0.6 is 0 Å². The lowest BCUT2D eigenvalue weighted by molar-refractivity contribution is -0.158. The summed E-state index contributed by atoms with van der Waals surface area (Å²) in [5, 5.41) is 11.0. The lowest BCUT2D eigenvalue weighted by Crippen LogP contribution is -2.64. The normalized spacial score (nSPS) is 28.9. The summed E-state index contributed by atoms with van der Waals surface area (Å²) in [5.74, 6) is -0.200. The molecule has 1 aliphatic heterocycles. The molecule has 170 valence electrons. The Morgan fingerprint density at radius 3 is 2.12 bits per heavy atom. The Kier molecular flexibility index (Phi) is 5.92. The molecule has 0 unspecified atom stereocenters. The molecule has 3 aromatic carbocycles. The second-order valence-electron chi connectivity index (χ2n) is 9.21. The number of benzene rings is 3. The van der Waals surface area contributed by atoms with Crippen LogP contribution in [0.3, 0.4) is 0 Å². The van der Waals surface area contributed by atoms with Crippen LogP contribution in [0.15, 0.2) is 91.0 Å². The van der Waals surface area contributed by atoms with Crippen molar-refractivity contribution in [3.05, 3.63) is 108 Å². The van der Waals surface area contributed by atoms with E-state index in [9.17, 15) is 9.90 Å². The maximum Gasteiger partial charge on any atom is 0.411 e. The van der Waals surface area contributed by atoms with Gasteiger partial charge in [-0.05, 0) is 30.0 Å². The third kappa shape index (κ3) is 4.26. The number of aliphatic hydroxyl groups is 1. The molecule has 1 saturated heterocycles. The molecular weight excluding hydrogens is 414 g/mol. The number of hydrogen-bond acceptors (Lipinski definition) is 4. The highest BCUT2D eigenvalue weighted by molar-refractivity contribution is 5.72. The fraction of sp³-hybridized carbons (Fsp3) is 0.321. The van der Waals surface area contributed by atoms with Crippen LogP contribution in [0.1, 0.15) is 42.2 Å². The average molecular weight is 444 g/mol. The third-order valence-electron chi connectivity index (χ3n) is 6.95. The fourth-order valence-corrected chi connectivity index (χ4v) is 5.15. The van der Waals surface area contributed by atoms with Gasteiger partial charge >= 0.3 is 6.09 Å². The number of ether oxygens (including phenoxy) is 2. The van der Waals surface area contributed by atoms with Gasteiger partial charge in [0.15, 0.2) is 6.10 Å². The standard InChI is InChI=1S/C28H29NO4/c1-28(31)17-24(23(28)19-32-18-20-11-5-2-6-12-20)29-25(21-13-7-3-8-14-21)26(33-27(29)30)22-15-9-4-10-16-22/h2-16,23-26,31H,17-19H2,1H3/t23-,24+,25+,26-,28+/m0/s1. The van der Waals surface area contributed by atoms with Crippen LogP contribution in [0.2, 0.25) is 0 Å². The van der Waals surface area contributed by atoms with E-state index in [1.807, 2.05) is 103 Å². The Bertz CT molecular complexity index is 1070. The van der Waals surface area contributed by atoms with Crippen LogP contribution in [0.25, 0.3) is 0 Å². The van der Waals surface area contributed by atoms with E-state index in [0.29, 0.717) is 19.6 Å². The van der Waals surface area contributed by atoms with Crippen LogP contribution in [0, 0.1) is 5.92 Å². The third-order valence-corrected chi connectivity index (χ3v) is 6.95. The molecule has 5 atom stereocenters. The van der Waals surface area contributed by atoms with Gasteiger partial charge in [0.05, 0.1) is 18.8 Å². The maximum atomic E-state index is 13.2. The first-order valence-corrected chi connectivity index (χ1v) is 11.5. The van der Waals surface area contributed by atoms with Gasteiger partial charge in [-0.15, -0.1) is 0 Å². The zero-order valence-corrected chi connectivity index (χ0v) is 18.7. The summed E-state index contributed by atoms with van der Waals surface area (Å²) in [7, 11) is 0. The van der Waals surface area contributed by atoms with Gasteiger partial charge in [0.25, 0.3) is 0 Å². The molecule has 5 nitrogen and oxygen atoms in total. The van der Waals surface area contributed by atoms with Gasteiger partial charge in [-0.2, -0.15) is 0 Å². The summed E-state index contributed by atoms with van der Waals surface area (Å²) in [6.45, 7) is 2.67. The lowest BCUT2D eigenvalue weighted by Gasteiger charge is -2.53. The number of amides is 1. The average Bonchev–Trinajstić information content (AvgIpc) is 3.19. The van der Waals surface area contributed by atoms with Crippen LogP contribution in [-0.4, -0.2) is 34.3 Å². The minimum absolute atomic E-state index is 0.165. The first-order valence-electron chi connectivity index (χ1n) is 11.5. The van der Waals surface area contributed by atoms with Gasteiger partial charge in [-0.3, -0.25) is 4.90 Å². The topological polar surface area (TPSA) is 59.0 Å². The molecule has 2 aliphatic rings. The molecule has 0 radical (unpaired) electrons. The minimum atomic E-state index is -0.895. The summed E-state index contributed by atoms with van der Waals surface area (Å²) in [5.41, 5.74) is 2.17. The van der Waals surface area contributed by atoms with E-state index in [1.165, 1.54) is 0 Å². The van der Waals surface area contributed by atoms with Crippen LogP contribution in [0.4, 0.5) is 4.79 Å². The molecule has 0 bridgehead atoms. The second-order valence-corrected chi connectivity index (χ2v) is 9.21. The van der Waals surface area contributed by atoms with Gasteiger partial charge in [0, 0.05) is 12.0 Å². The van der Waals surface area contributed by atoms with E-state index in [4.69, 9.17) is 9.47 Å². The molecule has 3 aromatic rings. The predicted molar refractivity (Wildman–Crippen MR) is 125 cm³/mol. The Morgan fingerprint density at radius 1 is 0.939 bits per heavy atom. The van der Waals surface area contributed by atoms with Crippen LogP contribution in [0.5, 0.6) is 0 Å². The summed E-state index contributed by atoms with van der Waals surface area (Å²) in [4.78, 5) is 15.0. The summed E-state index contributed by atoms with van der Waals surface area (Å²) >= 11 is 0. The van der Waals surface area contributed by atoms with Crippen molar-refractivity contribution in [1.82, 2.24) is 4.90 Å². The smallest absolute Gasteiger partial charge is 0.411 e. The van der Waals surface area contributed by atoms with E-state index >= 15 is 0 Å². The number of nitrogens with zero attached hydrogens (tertiary/aromatic N) is 1. The number of carbonyl (C=O) groups excluding carboxylic acids is 1. The van der Waals surface area contributed by atoms with Gasteiger partial charge in [-0.1, -0.05) is 91.0 Å². The minimum Gasteiger partial charge on any atom is -0.439 e. The molecule has 1 aliphatic carbocycles. The Labute approximate surface area is 194 Å². The first kappa shape index (κ1) is 21.7. The second kappa shape index (κ2) is 9.00. The largest absolute Gasteiger partial charge is 0.439 e. The highest BCUT2D eigenvalue weighted by Gasteiger charge is 2.58. The zero-order valence-electron chi connectivity index (χ0n) is 18.7. The molecule has 1 saturated carbocycles. The molecule has 1 heterocycles. The monoisotopic (exact) mass is 443 g/mol. The molecule has 2 fully saturated rings. The van der Waals surface area contributed by atoms with Gasteiger partial charge < -0.3 is 14.6 Å². The van der Waals surface area contributed by atoms with Crippen molar-refractivity contribution in [3.63, 3.8) is 0 Å². The molecule has 5 heteroatoms. The number of hydrogen-bond donors (Lipinski definition) is 1. The lowest BCUT2D eigenvalue weighted by atomic mass is 9.65. The van der Waals surface area contributed by atoms with Crippen molar-refractivity contribution in [2.45, 2.75) is 43.7 Å². The van der Waals surface area contributed by atoms with Gasteiger partial charge in [0.2, 0.25) is 0 Å². The number of carbonyl (C=O) groups is 1. The highest BCUT2D eigenvalue weighted by Crippen LogP contribution is 2.51. The SMILES string of the molecule is C[C@@]1(O)C[C@@H](N2C(=O)O[C@@H](c3ccccc3)[C@H]2c2ccccc2)[C@@H]1COCc1ccccc1. The molecular formula is C28H29NO4. The molecule has 5 rings (SSSR count). The fourth-order valence-electron chi connectivity index (χ4n) is 5.15. The van der Waals surface area contributed by atoms with Gasteiger partial charge in [0.1, 0.15) is 6.04 Å². The zero-order chi connectivity index (χ0) is 22.8. The molecule has 1 N–H and O–H groups in total. The van der Waals surface area contributed by atoms with Crippen molar-refractivity contribution in [2.24, 2.45) is 5.92 Å². The quantitative estimate of drug-likeness (QED) is 0.540. The van der Waals surface area contributed by atoms with Crippen LogP contribution < -0.4 is 0 Å². The van der Waals surface area contributed by atoms with Gasteiger partial charge in [-0.25, -0.2) is 4.79 Å². The van der Waals surface area contributed by atoms with E-state index < -0.39 is 11.7 Å². The number of rotatable bonds is 7. The summed E-state index contributed by atoms with van der Waals surface area (Å²) < 4.78 is 11.9. The van der Waals surface area contributed by atoms with Crippen molar-refractivity contribution < 1.29 is 19.4 Å². The molecule has 33 heavy (non-hydrogen) atoms. The molecule has 1 amide bonds. The van der Waals surface area contributed by atoms with E-state index in [-0.39, 0.29) is 24.1 Å². The highest BCUT2D eigenvalue weighted by atomic mass is 16.6. The summed E-state index contributed by atoms with van der Waals surface area (Å²) in [6, 6.07) is 29.4. The Morgan fingerprint density at radius 2 is 1.52 bits per heavy atom. The first-order chi connectivity index (χ1) is 16.0. The van der Waals surface area contributed by atoms with Crippen molar-refractivity contribution in [2.75, 3.05) is 6.61 Å². The Balaban J connectivity index is 1.40. The van der Waals surface area contributed by atoms with Crippen LogP contribution in [-0.2, 0) is 16.1 Å². The maximum absolute atomic E-state index is 13.2. The van der Waals surface area contributed by atoms with Crippen molar-refractivity contribution in [3.8, 4) is 0 Å². The number of cyclic esters (lactones) is 1. The summed E-state index contributed by atoms with van der Waals surface area (Å²) in [6.07, 6.45) is -0.254. The molecule has 0 aromatic heterocycles. The van der Waals surface area contributed by atoms with Crippen molar-refractivity contribution >= 4 is 6.09 Å². The van der Waals surface area contributed by atoms with E-state index in [0.717, 1.165) is 16.7 Å². The van der Waals surface area contributed by atoms with E-state index in [2.05, 4.69) is 0 Å².